The first-order chi connectivity index (χ1) is 20.2. The number of likely N-dealkylation sites (N-methyl/N-ethyl adjacent to an activating group) is 1. The third-order valence-corrected chi connectivity index (χ3v) is 9.13. The lowest BCUT2D eigenvalue weighted by Gasteiger charge is -2.34. The lowest BCUT2D eigenvalue weighted by molar-refractivity contribution is -0.140. The van der Waals surface area contributed by atoms with Gasteiger partial charge in [-0.25, -0.2) is 8.42 Å². The van der Waals surface area contributed by atoms with Crippen LogP contribution in [0.4, 0.5) is 5.69 Å². The van der Waals surface area contributed by atoms with Gasteiger partial charge in [0.25, 0.3) is 10.0 Å². The monoisotopic (exact) mass is 667 g/mol. The Labute approximate surface area is 260 Å². The van der Waals surface area contributed by atoms with Gasteiger partial charge in [0, 0.05) is 29.0 Å². The normalized spacial score (nSPS) is 11.9. The first-order valence-electron chi connectivity index (χ1n) is 13.4. The quantitative estimate of drug-likeness (QED) is 0.199. The third-order valence-electron chi connectivity index (χ3n) is 6.59. The van der Waals surface area contributed by atoms with Crippen LogP contribution in [0.2, 0.25) is 5.02 Å². The highest BCUT2D eigenvalue weighted by Crippen LogP contribution is 2.27. The van der Waals surface area contributed by atoms with Crippen LogP contribution in [0.25, 0.3) is 0 Å². The highest BCUT2D eigenvalue weighted by atomic mass is 79.9. The second-order valence-electron chi connectivity index (χ2n) is 9.55. The van der Waals surface area contributed by atoms with Gasteiger partial charge in [0.1, 0.15) is 12.6 Å². The van der Waals surface area contributed by atoms with E-state index in [-0.39, 0.29) is 23.8 Å². The van der Waals surface area contributed by atoms with E-state index in [1.807, 2.05) is 37.3 Å². The molecule has 0 aliphatic heterocycles. The second kappa shape index (κ2) is 14.5. The minimum Gasteiger partial charge on any atom is -0.355 e. The van der Waals surface area contributed by atoms with E-state index in [1.54, 1.807) is 66.7 Å². The van der Waals surface area contributed by atoms with E-state index in [0.29, 0.717) is 21.7 Å². The Balaban J connectivity index is 1.78. The van der Waals surface area contributed by atoms with E-state index < -0.39 is 28.5 Å². The summed E-state index contributed by atoms with van der Waals surface area (Å²) in [5.41, 5.74) is 1.92. The lowest BCUT2D eigenvalue weighted by Crippen LogP contribution is -2.53. The molecule has 42 heavy (non-hydrogen) atoms. The molecule has 0 aromatic heterocycles. The van der Waals surface area contributed by atoms with Crippen molar-refractivity contribution in [3.05, 3.63) is 130 Å². The summed E-state index contributed by atoms with van der Waals surface area (Å²) < 4.78 is 29.6. The predicted molar refractivity (Wildman–Crippen MR) is 170 cm³/mol. The number of hydrogen-bond acceptors (Lipinski definition) is 4. The van der Waals surface area contributed by atoms with Crippen molar-refractivity contribution in [1.29, 1.82) is 0 Å². The van der Waals surface area contributed by atoms with Crippen LogP contribution in [0.15, 0.2) is 119 Å². The molecule has 1 N–H and O–H groups in total. The highest BCUT2D eigenvalue weighted by Gasteiger charge is 2.34. The smallest absolute Gasteiger partial charge is 0.264 e. The number of anilines is 1. The molecule has 4 aromatic rings. The zero-order valence-corrected chi connectivity index (χ0v) is 26.1. The van der Waals surface area contributed by atoms with Crippen LogP contribution in [0.5, 0.6) is 0 Å². The lowest BCUT2D eigenvalue weighted by atomic mass is 10.0. The molecule has 0 saturated carbocycles. The van der Waals surface area contributed by atoms with Gasteiger partial charge >= 0.3 is 0 Å². The molecule has 0 aliphatic carbocycles. The van der Waals surface area contributed by atoms with Crippen LogP contribution < -0.4 is 9.62 Å². The summed E-state index contributed by atoms with van der Waals surface area (Å²) in [5.74, 6) is -0.861. The summed E-state index contributed by atoms with van der Waals surface area (Å²) in [7, 11) is -4.15. The van der Waals surface area contributed by atoms with Crippen molar-refractivity contribution >= 4 is 55.1 Å². The summed E-state index contributed by atoms with van der Waals surface area (Å²) in [4.78, 5) is 29.3. The van der Waals surface area contributed by atoms with Gasteiger partial charge in [-0.15, -0.1) is 0 Å². The number of hydrogen-bond donors (Lipinski definition) is 1. The van der Waals surface area contributed by atoms with Gasteiger partial charge in [0.15, 0.2) is 0 Å². The van der Waals surface area contributed by atoms with E-state index in [1.165, 1.54) is 17.0 Å². The molecule has 0 bridgehead atoms. The zero-order chi connectivity index (χ0) is 30.1. The first kappa shape index (κ1) is 31.3. The number of halogens is 2. The SMILES string of the molecule is CCNC(=O)C(Cc1ccccc1)N(Cc1ccc(Cl)cc1)C(=O)CN(c1cccc(Br)c1)S(=O)(=O)c1ccccc1. The van der Waals surface area contributed by atoms with Crippen LogP contribution in [-0.2, 0) is 32.6 Å². The Hall–Kier alpha value is -3.66. The number of carbonyl (C=O) groups excluding carboxylic acids is 2. The zero-order valence-electron chi connectivity index (χ0n) is 23.0. The largest absolute Gasteiger partial charge is 0.355 e. The van der Waals surface area contributed by atoms with Crippen molar-refractivity contribution in [2.24, 2.45) is 0 Å². The highest BCUT2D eigenvalue weighted by molar-refractivity contribution is 9.10. The Morgan fingerprint density at radius 3 is 2.12 bits per heavy atom. The van der Waals surface area contributed by atoms with Crippen molar-refractivity contribution < 1.29 is 18.0 Å². The van der Waals surface area contributed by atoms with Crippen molar-refractivity contribution in [3.63, 3.8) is 0 Å². The molecule has 2 amide bonds. The molecule has 0 aliphatic rings. The molecule has 218 valence electrons. The predicted octanol–water partition coefficient (Wildman–Crippen LogP) is 6.07. The van der Waals surface area contributed by atoms with E-state index >= 15 is 0 Å². The number of rotatable bonds is 12. The summed E-state index contributed by atoms with van der Waals surface area (Å²) in [6.45, 7) is 1.73. The minimum atomic E-state index is -4.15. The number of nitrogens with zero attached hydrogens (tertiary/aromatic N) is 2. The average Bonchev–Trinajstić information content (AvgIpc) is 2.99. The molecular formula is C32H31BrClN3O4S. The number of carbonyl (C=O) groups is 2. The van der Waals surface area contributed by atoms with E-state index in [9.17, 15) is 18.0 Å². The standard InChI is InChI=1S/C32H31BrClN3O4S/c1-2-35-32(39)30(20-24-10-5-3-6-11-24)36(22-25-16-18-27(34)19-17-25)31(38)23-37(28-13-9-12-26(33)21-28)42(40,41)29-14-7-4-8-15-29/h3-19,21,30H,2,20,22-23H2,1H3,(H,35,39). The maximum absolute atomic E-state index is 14.3. The summed E-state index contributed by atoms with van der Waals surface area (Å²) in [5, 5.41) is 3.39. The molecule has 1 unspecified atom stereocenters. The molecule has 0 heterocycles. The van der Waals surface area contributed by atoms with Crippen LogP contribution in [0.3, 0.4) is 0 Å². The van der Waals surface area contributed by atoms with Gasteiger partial charge in [-0.1, -0.05) is 94.3 Å². The Morgan fingerprint density at radius 2 is 1.50 bits per heavy atom. The molecule has 4 aromatic carbocycles. The molecule has 10 heteroatoms. The Kier molecular flexibility index (Phi) is 10.8. The number of benzene rings is 4. The number of sulfonamides is 1. The van der Waals surface area contributed by atoms with E-state index in [2.05, 4.69) is 21.2 Å². The Bertz CT molecular complexity index is 1600. The molecule has 7 nitrogen and oxygen atoms in total. The van der Waals surface area contributed by atoms with Crippen molar-refractivity contribution in [3.8, 4) is 0 Å². The average molecular weight is 669 g/mol. The van der Waals surface area contributed by atoms with Crippen molar-refractivity contribution in [1.82, 2.24) is 10.2 Å². The molecular weight excluding hydrogens is 638 g/mol. The first-order valence-corrected chi connectivity index (χ1v) is 16.0. The van der Waals surface area contributed by atoms with E-state index in [0.717, 1.165) is 15.4 Å². The molecule has 0 saturated heterocycles. The molecule has 0 fully saturated rings. The molecule has 0 spiro atoms. The number of amides is 2. The minimum absolute atomic E-state index is 0.0478. The summed E-state index contributed by atoms with van der Waals surface area (Å²) >= 11 is 9.52. The maximum Gasteiger partial charge on any atom is 0.264 e. The summed E-state index contributed by atoms with van der Waals surface area (Å²) in [6, 6.07) is 30.2. The van der Waals surface area contributed by atoms with Crippen LogP contribution in [0, 0.1) is 0 Å². The summed E-state index contributed by atoms with van der Waals surface area (Å²) in [6.07, 6.45) is 0.244. The van der Waals surface area contributed by atoms with Gasteiger partial charge in [0.2, 0.25) is 11.8 Å². The van der Waals surface area contributed by atoms with Crippen LogP contribution >= 0.6 is 27.5 Å². The van der Waals surface area contributed by atoms with Gasteiger partial charge < -0.3 is 10.2 Å². The number of nitrogens with one attached hydrogen (secondary N) is 1. The fourth-order valence-corrected chi connectivity index (χ4v) is 6.45. The van der Waals surface area contributed by atoms with Crippen LogP contribution in [0.1, 0.15) is 18.1 Å². The van der Waals surface area contributed by atoms with E-state index in [4.69, 9.17) is 11.6 Å². The van der Waals surface area contributed by atoms with Crippen LogP contribution in [-0.4, -0.2) is 44.3 Å². The third kappa shape index (κ3) is 8.00. The van der Waals surface area contributed by atoms with Crippen molar-refractivity contribution in [2.75, 3.05) is 17.4 Å². The van der Waals surface area contributed by atoms with Gasteiger partial charge in [-0.3, -0.25) is 13.9 Å². The fraction of sp³-hybridized carbons (Fsp3) is 0.188. The molecule has 0 radical (unpaired) electrons. The maximum atomic E-state index is 14.3. The molecule has 1 atom stereocenters. The van der Waals surface area contributed by atoms with Crippen molar-refractivity contribution in [2.45, 2.75) is 30.8 Å². The topological polar surface area (TPSA) is 86.8 Å². The fourth-order valence-electron chi connectivity index (χ4n) is 4.51. The Morgan fingerprint density at radius 1 is 0.857 bits per heavy atom. The van der Waals surface area contributed by atoms with Gasteiger partial charge in [-0.05, 0) is 60.5 Å². The second-order valence-corrected chi connectivity index (χ2v) is 12.8. The van der Waals surface area contributed by atoms with Gasteiger partial charge in [0.05, 0.1) is 10.6 Å². The molecule has 4 rings (SSSR count). The van der Waals surface area contributed by atoms with Gasteiger partial charge in [-0.2, -0.15) is 0 Å².